The van der Waals surface area contributed by atoms with E-state index in [1.165, 1.54) is 0 Å². The lowest BCUT2D eigenvalue weighted by Gasteiger charge is -1.99. The van der Waals surface area contributed by atoms with Crippen molar-refractivity contribution in [3.8, 4) is 0 Å². The van der Waals surface area contributed by atoms with E-state index in [4.69, 9.17) is 5.73 Å². The van der Waals surface area contributed by atoms with E-state index in [2.05, 4.69) is 14.7 Å². The van der Waals surface area contributed by atoms with Gasteiger partial charge in [-0.3, -0.25) is 0 Å². The summed E-state index contributed by atoms with van der Waals surface area (Å²) < 4.78 is 4.21. The van der Waals surface area contributed by atoms with Crippen LogP contribution >= 0.6 is 0 Å². The summed E-state index contributed by atoms with van der Waals surface area (Å²) in [6.07, 6.45) is -0.635. The minimum Gasteiger partial charge on any atom is -0.374 e. The van der Waals surface area contributed by atoms with Crippen LogP contribution in [0.5, 0.6) is 0 Å². The summed E-state index contributed by atoms with van der Waals surface area (Å²) in [6, 6.07) is -0.748. The Balaban J connectivity index is 2.71. The molecule has 1 aliphatic heterocycles. The second-order valence-corrected chi connectivity index (χ2v) is 1.39. The van der Waals surface area contributed by atoms with Crippen LogP contribution in [0.1, 0.15) is 0 Å². The molecule has 1 atom stereocenters. The van der Waals surface area contributed by atoms with Crippen LogP contribution in [0, 0.1) is 10.1 Å². The van der Waals surface area contributed by atoms with Gasteiger partial charge in [0.25, 0.3) is 0 Å². The van der Waals surface area contributed by atoms with E-state index in [-0.39, 0.29) is 0 Å². The van der Waals surface area contributed by atoms with E-state index < -0.39 is 17.2 Å². The standard InChI is InChI=1S/C3H2N4O3/c4-2-5-1-10-3(6-2)7(8)9/h1-2H. The maximum atomic E-state index is 9.88. The van der Waals surface area contributed by atoms with Gasteiger partial charge in [-0.15, -0.1) is 0 Å². The van der Waals surface area contributed by atoms with Crippen LogP contribution in [-0.4, -0.2) is 23.6 Å². The highest BCUT2D eigenvalue weighted by Crippen LogP contribution is 1.95. The smallest absolute Gasteiger partial charge is 0.374 e. The Labute approximate surface area is 55.4 Å². The average molecular weight is 142 g/mol. The van der Waals surface area contributed by atoms with Gasteiger partial charge in [-0.25, -0.2) is 0 Å². The minimum absolute atomic E-state index is 0.748. The van der Waals surface area contributed by atoms with Crippen LogP contribution < -0.4 is 5.73 Å². The molecule has 2 radical (unpaired) electrons. The molecule has 1 rings (SSSR count). The molecular formula is C3H2N4O3. The summed E-state index contributed by atoms with van der Waals surface area (Å²) in [4.78, 5) is 15.2. The molecule has 1 aliphatic rings. The van der Waals surface area contributed by atoms with E-state index in [1.54, 1.807) is 0 Å². The van der Waals surface area contributed by atoms with Crippen molar-refractivity contribution in [2.24, 2.45) is 9.98 Å². The lowest BCUT2D eigenvalue weighted by molar-refractivity contribution is -0.370. The summed E-state index contributed by atoms with van der Waals surface area (Å²) >= 11 is 0. The summed E-state index contributed by atoms with van der Waals surface area (Å²) in [6.45, 7) is 0. The molecule has 0 aliphatic carbocycles. The minimum atomic E-state index is -1.41. The topological polar surface area (TPSA) is 99.4 Å². The third-order valence-electron chi connectivity index (χ3n) is 0.734. The molecule has 52 valence electrons. The molecule has 0 fully saturated rings. The first-order valence-corrected chi connectivity index (χ1v) is 2.28. The average Bonchev–Trinajstić information content (AvgIpc) is 1.88. The molecule has 0 bridgehead atoms. The number of amidine groups is 1. The van der Waals surface area contributed by atoms with Crippen LogP contribution in [0.25, 0.3) is 0 Å². The molecule has 0 saturated carbocycles. The van der Waals surface area contributed by atoms with E-state index in [0.29, 0.717) is 0 Å². The fourth-order valence-electron chi connectivity index (χ4n) is 0.385. The Morgan fingerprint density at radius 2 is 2.60 bits per heavy atom. The first-order valence-electron chi connectivity index (χ1n) is 2.28. The Hall–Kier alpha value is -1.50. The molecule has 0 spiro atoms. The molecule has 10 heavy (non-hydrogen) atoms. The predicted octanol–water partition coefficient (Wildman–Crippen LogP) is -0.970. The van der Waals surface area contributed by atoms with Gasteiger partial charge in [0, 0.05) is 9.92 Å². The van der Waals surface area contributed by atoms with Gasteiger partial charge in [-0.2, -0.15) is 4.99 Å². The van der Waals surface area contributed by atoms with Crippen molar-refractivity contribution in [1.82, 2.24) is 5.73 Å². The highest BCUT2D eigenvalue weighted by Gasteiger charge is 2.21. The van der Waals surface area contributed by atoms with Crippen molar-refractivity contribution in [2.75, 3.05) is 0 Å². The Morgan fingerprint density at radius 1 is 1.90 bits per heavy atom. The second kappa shape index (κ2) is 2.40. The van der Waals surface area contributed by atoms with Gasteiger partial charge in [0.1, 0.15) is 0 Å². The highest BCUT2D eigenvalue weighted by atomic mass is 16.7. The molecule has 1 heterocycles. The molecule has 7 heteroatoms. The molecular weight excluding hydrogens is 140 g/mol. The van der Waals surface area contributed by atoms with E-state index in [0.717, 1.165) is 6.40 Å². The first kappa shape index (κ1) is 6.62. The van der Waals surface area contributed by atoms with Crippen LogP contribution in [0.2, 0.25) is 0 Å². The second-order valence-electron chi connectivity index (χ2n) is 1.39. The van der Waals surface area contributed by atoms with Crippen molar-refractivity contribution < 1.29 is 9.66 Å². The molecule has 1 unspecified atom stereocenters. The van der Waals surface area contributed by atoms with E-state index in [9.17, 15) is 10.1 Å². The fourth-order valence-corrected chi connectivity index (χ4v) is 0.385. The lowest BCUT2D eigenvalue weighted by atomic mass is 10.8. The molecule has 0 aromatic heterocycles. The number of nitrogens with zero attached hydrogens (tertiary/aromatic N) is 4. The van der Waals surface area contributed by atoms with Gasteiger partial charge in [0.15, 0.2) is 6.40 Å². The third-order valence-corrected chi connectivity index (χ3v) is 0.734. The lowest BCUT2D eigenvalue weighted by Crippen LogP contribution is -2.22. The van der Waals surface area contributed by atoms with E-state index in [1.807, 2.05) is 0 Å². The van der Waals surface area contributed by atoms with Gasteiger partial charge in [0.05, 0.1) is 0 Å². The maximum absolute atomic E-state index is 9.88. The number of hydrogen-bond donors (Lipinski definition) is 0. The Morgan fingerprint density at radius 3 is 3.00 bits per heavy atom. The maximum Gasteiger partial charge on any atom is 0.545 e. The van der Waals surface area contributed by atoms with Crippen molar-refractivity contribution in [1.29, 1.82) is 0 Å². The largest absolute Gasteiger partial charge is 0.545 e. The van der Waals surface area contributed by atoms with Crippen LogP contribution in [0.4, 0.5) is 0 Å². The van der Waals surface area contributed by atoms with Crippen molar-refractivity contribution in [2.45, 2.75) is 6.29 Å². The van der Waals surface area contributed by atoms with Gasteiger partial charge in [-0.05, 0) is 0 Å². The predicted molar refractivity (Wildman–Crippen MR) is 29.9 cm³/mol. The molecule has 0 aromatic carbocycles. The van der Waals surface area contributed by atoms with Crippen molar-refractivity contribution in [3.05, 3.63) is 10.1 Å². The number of rotatable bonds is 0. The van der Waals surface area contributed by atoms with Gasteiger partial charge >= 0.3 is 12.3 Å². The fraction of sp³-hybridized carbons (Fsp3) is 0.333. The zero-order chi connectivity index (χ0) is 7.56. The summed E-state index contributed by atoms with van der Waals surface area (Å²) in [5.41, 5.74) is 8.56. The van der Waals surface area contributed by atoms with Crippen LogP contribution in [0.3, 0.4) is 0 Å². The van der Waals surface area contributed by atoms with Gasteiger partial charge in [0.2, 0.25) is 0 Å². The number of aliphatic imine (C=N–C) groups is 2. The van der Waals surface area contributed by atoms with E-state index >= 15 is 0 Å². The number of ether oxygens (including phenoxy) is 1. The van der Waals surface area contributed by atoms with Gasteiger partial charge < -0.3 is 14.9 Å². The molecule has 0 aromatic rings. The Bertz CT molecular complexity index is 210. The normalized spacial score (nSPS) is 23.3. The molecule has 7 nitrogen and oxygen atoms in total. The third kappa shape index (κ3) is 1.26. The quantitative estimate of drug-likeness (QED) is 0.321. The van der Waals surface area contributed by atoms with Crippen LogP contribution in [-0.2, 0) is 4.74 Å². The summed E-state index contributed by atoms with van der Waals surface area (Å²) in [5.74, 6) is 0. The zero-order valence-corrected chi connectivity index (χ0v) is 4.67. The number of nitro groups is 1. The molecule has 0 saturated heterocycles. The SMILES string of the molecule is [N]C1N=COC([N+](=O)[O-])=N1. The zero-order valence-electron chi connectivity index (χ0n) is 4.67. The summed E-state index contributed by atoms with van der Waals surface area (Å²) in [5, 5.41) is 9.88. The van der Waals surface area contributed by atoms with Crippen molar-refractivity contribution in [3.63, 3.8) is 0 Å². The van der Waals surface area contributed by atoms with Crippen molar-refractivity contribution >= 4 is 12.4 Å². The number of hydrogen-bond acceptors (Lipinski definition) is 5. The van der Waals surface area contributed by atoms with Crippen LogP contribution in [0.15, 0.2) is 9.98 Å². The first-order chi connectivity index (χ1) is 4.70. The molecule has 0 amide bonds. The van der Waals surface area contributed by atoms with Gasteiger partial charge in [-0.1, -0.05) is 5.73 Å². The Kier molecular flexibility index (Phi) is 1.59. The molecule has 0 N–H and O–H groups in total. The summed E-state index contributed by atoms with van der Waals surface area (Å²) in [7, 11) is 0. The monoisotopic (exact) mass is 142 g/mol. The highest BCUT2D eigenvalue weighted by molar-refractivity contribution is 5.76.